The molecule has 114 valence electrons. The molecule has 0 saturated heterocycles. The summed E-state index contributed by atoms with van der Waals surface area (Å²) in [6, 6.07) is 0. The predicted molar refractivity (Wildman–Crippen MR) is 84.4 cm³/mol. The molecule has 3 heteroatoms. The zero-order valence-electron chi connectivity index (χ0n) is 13.2. The van der Waals surface area contributed by atoms with E-state index in [9.17, 15) is 0 Å². The molecule has 2 saturated carbocycles. The van der Waals surface area contributed by atoms with Crippen molar-refractivity contribution in [1.82, 2.24) is 15.3 Å². The maximum atomic E-state index is 5.07. The first-order valence-corrected chi connectivity index (χ1v) is 8.95. The van der Waals surface area contributed by atoms with Gasteiger partial charge in [-0.25, -0.2) is 9.97 Å². The minimum atomic E-state index is 0.630. The van der Waals surface area contributed by atoms with E-state index in [1.54, 1.807) is 0 Å². The van der Waals surface area contributed by atoms with Gasteiger partial charge in [0.15, 0.2) is 0 Å². The molecule has 0 aromatic carbocycles. The summed E-state index contributed by atoms with van der Waals surface area (Å²) in [4.78, 5) is 10.1. The first kappa shape index (κ1) is 13.7. The van der Waals surface area contributed by atoms with E-state index in [1.807, 2.05) is 0 Å². The average Bonchev–Trinajstić information content (AvgIpc) is 3.39. The Morgan fingerprint density at radius 3 is 2.48 bits per heavy atom. The normalized spacial score (nSPS) is 29.2. The van der Waals surface area contributed by atoms with Crippen LogP contribution in [0.15, 0.2) is 0 Å². The van der Waals surface area contributed by atoms with Crippen LogP contribution in [-0.2, 0) is 13.0 Å². The van der Waals surface area contributed by atoms with Crippen molar-refractivity contribution >= 4 is 0 Å². The molecule has 2 fully saturated rings. The van der Waals surface area contributed by atoms with Crippen LogP contribution < -0.4 is 5.32 Å². The van der Waals surface area contributed by atoms with Gasteiger partial charge in [-0.05, 0) is 44.4 Å². The van der Waals surface area contributed by atoms with Crippen molar-refractivity contribution in [1.29, 1.82) is 0 Å². The van der Waals surface area contributed by atoms with Gasteiger partial charge in [0.2, 0.25) is 0 Å². The summed E-state index contributed by atoms with van der Waals surface area (Å²) in [5, 5.41) is 3.50. The second-order valence-electron chi connectivity index (χ2n) is 7.22. The lowest BCUT2D eigenvalue weighted by atomic mass is 9.80. The fourth-order valence-corrected chi connectivity index (χ4v) is 4.09. The standard InChI is InChI=1S/C18H27N3/c1-2-12-3-5-14(6-4-12)18-20-16-9-10-19-11-15(16)17(21-18)13-7-8-13/h12-14,19H,2-11H2,1H3. The van der Waals surface area contributed by atoms with Gasteiger partial charge in [0.1, 0.15) is 5.82 Å². The molecule has 0 bridgehead atoms. The number of nitrogens with one attached hydrogen (secondary N) is 1. The molecule has 4 rings (SSSR count). The van der Waals surface area contributed by atoms with Gasteiger partial charge in [0.05, 0.1) is 11.4 Å². The highest BCUT2D eigenvalue weighted by atomic mass is 15.0. The van der Waals surface area contributed by atoms with Gasteiger partial charge in [-0.1, -0.05) is 13.3 Å². The van der Waals surface area contributed by atoms with E-state index in [1.165, 1.54) is 67.7 Å². The van der Waals surface area contributed by atoms with Gasteiger partial charge >= 0.3 is 0 Å². The Bertz CT molecular complexity index is 513. The summed E-state index contributed by atoms with van der Waals surface area (Å²) in [5.41, 5.74) is 4.20. The van der Waals surface area contributed by atoms with Crippen molar-refractivity contribution in [3.63, 3.8) is 0 Å². The number of fused-ring (bicyclic) bond motifs is 1. The third-order valence-electron chi connectivity index (χ3n) is 5.74. The van der Waals surface area contributed by atoms with E-state index in [0.717, 1.165) is 31.3 Å². The molecule has 1 aliphatic heterocycles. The highest BCUT2D eigenvalue weighted by Gasteiger charge is 2.32. The third-order valence-corrected chi connectivity index (χ3v) is 5.74. The molecular formula is C18H27N3. The van der Waals surface area contributed by atoms with Crippen LogP contribution in [0.5, 0.6) is 0 Å². The summed E-state index contributed by atoms with van der Waals surface area (Å²) >= 11 is 0. The molecule has 2 aliphatic carbocycles. The molecule has 1 aromatic heterocycles. The monoisotopic (exact) mass is 285 g/mol. The summed E-state index contributed by atoms with van der Waals surface area (Å²) < 4.78 is 0. The van der Waals surface area contributed by atoms with Gasteiger partial charge < -0.3 is 5.32 Å². The molecule has 1 N–H and O–H groups in total. The van der Waals surface area contributed by atoms with Crippen molar-refractivity contribution in [2.24, 2.45) is 5.92 Å². The molecule has 21 heavy (non-hydrogen) atoms. The minimum Gasteiger partial charge on any atom is -0.312 e. The maximum Gasteiger partial charge on any atom is 0.131 e. The maximum absolute atomic E-state index is 5.07. The van der Waals surface area contributed by atoms with Crippen molar-refractivity contribution in [2.45, 2.75) is 76.7 Å². The first-order valence-electron chi connectivity index (χ1n) is 8.95. The minimum absolute atomic E-state index is 0.630. The largest absolute Gasteiger partial charge is 0.312 e. The zero-order chi connectivity index (χ0) is 14.2. The zero-order valence-corrected chi connectivity index (χ0v) is 13.2. The van der Waals surface area contributed by atoms with Gasteiger partial charge in [-0.2, -0.15) is 0 Å². The fourth-order valence-electron chi connectivity index (χ4n) is 4.09. The summed E-state index contributed by atoms with van der Waals surface area (Å²) in [6.45, 7) is 4.40. The second-order valence-corrected chi connectivity index (χ2v) is 7.22. The Hall–Kier alpha value is -0.960. The summed E-state index contributed by atoms with van der Waals surface area (Å²) in [6.07, 6.45) is 10.5. The topological polar surface area (TPSA) is 37.8 Å². The number of nitrogens with zero attached hydrogens (tertiary/aromatic N) is 2. The molecule has 0 spiro atoms. The van der Waals surface area contributed by atoms with E-state index >= 15 is 0 Å². The van der Waals surface area contributed by atoms with Gasteiger partial charge in [-0.3, -0.25) is 0 Å². The van der Waals surface area contributed by atoms with Crippen LogP contribution in [0, 0.1) is 5.92 Å². The first-order chi connectivity index (χ1) is 10.3. The Kier molecular flexibility index (Phi) is 3.70. The molecule has 0 unspecified atom stereocenters. The van der Waals surface area contributed by atoms with Crippen LogP contribution >= 0.6 is 0 Å². The number of hydrogen-bond donors (Lipinski definition) is 1. The quantitative estimate of drug-likeness (QED) is 0.920. The lowest BCUT2D eigenvalue weighted by molar-refractivity contribution is 0.311. The Morgan fingerprint density at radius 2 is 1.76 bits per heavy atom. The number of hydrogen-bond acceptors (Lipinski definition) is 3. The van der Waals surface area contributed by atoms with Gasteiger partial charge in [0, 0.05) is 36.9 Å². The van der Waals surface area contributed by atoms with Crippen molar-refractivity contribution in [3.8, 4) is 0 Å². The van der Waals surface area contributed by atoms with E-state index in [2.05, 4.69) is 12.2 Å². The van der Waals surface area contributed by atoms with Gasteiger partial charge in [0.25, 0.3) is 0 Å². The van der Waals surface area contributed by atoms with Crippen LogP contribution in [0.2, 0.25) is 0 Å². The van der Waals surface area contributed by atoms with Crippen LogP contribution in [0.3, 0.4) is 0 Å². The fraction of sp³-hybridized carbons (Fsp3) is 0.778. The van der Waals surface area contributed by atoms with Crippen LogP contribution in [0.25, 0.3) is 0 Å². The van der Waals surface area contributed by atoms with Crippen LogP contribution in [0.4, 0.5) is 0 Å². The van der Waals surface area contributed by atoms with Gasteiger partial charge in [-0.15, -0.1) is 0 Å². The Morgan fingerprint density at radius 1 is 1.00 bits per heavy atom. The molecule has 1 aromatic rings. The summed E-state index contributed by atoms with van der Waals surface area (Å²) in [7, 11) is 0. The van der Waals surface area contributed by atoms with Crippen LogP contribution in [0.1, 0.15) is 86.5 Å². The summed E-state index contributed by atoms with van der Waals surface area (Å²) in [5.74, 6) is 3.51. The molecular weight excluding hydrogens is 258 g/mol. The Labute approximate surface area is 128 Å². The van der Waals surface area contributed by atoms with E-state index in [4.69, 9.17) is 9.97 Å². The highest BCUT2D eigenvalue weighted by molar-refractivity contribution is 5.33. The molecule has 2 heterocycles. The number of aromatic nitrogens is 2. The lowest BCUT2D eigenvalue weighted by Crippen LogP contribution is -2.28. The third kappa shape index (κ3) is 2.73. The highest BCUT2D eigenvalue weighted by Crippen LogP contribution is 2.43. The molecule has 0 amide bonds. The molecule has 0 atom stereocenters. The molecule has 3 nitrogen and oxygen atoms in total. The van der Waals surface area contributed by atoms with Crippen LogP contribution in [-0.4, -0.2) is 16.5 Å². The van der Waals surface area contributed by atoms with Crippen molar-refractivity contribution in [3.05, 3.63) is 22.8 Å². The smallest absolute Gasteiger partial charge is 0.131 e. The SMILES string of the molecule is CCC1CCC(c2nc3c(c(C4CC4)n2)CNCC3)CC1. The predicted octanol–water partition coefficient (Wildman–Crippen LogP) is 3.68. The van der Waals surface area contributed by atoms with E-state index in [-0.39, 0.29) is 0 Å². The van der Waals surface area contributed by atoms with E-state index < -0.39 is 0 Å². The Balaban J connectivity index is 1.62. The van der Waals surface area contributed by atoms with Crippen molar-refractivity contribution < 1.29 is 0 Å². The molecule has 0 radical (unpaired) electrons. The second kappa shape index (κ2) is 5.68. The lowest BCUT2D eigenvalue weighted by Gasteiger charge is -2.28. The van der Waals surface area contributed by atoms with Crippen molar-refractivity contribution in [2.75, 3.05) is 6.54 Å². The number of rotatable bonds is 3. The molecule has 3 aliphatic rings. The van der Waals surface area contributed by atoms with E-state index in [0.29, 0.717) is 5.92 Å². The average molecular weight is 285 g/mol.